The zero-order valence-electron chi connectivity index (χ0n) is 14.5. The molecule has 27 heavy (non-hydrogen) atoms. The number of benzene rings is 2. The number of rotatable bonds is 4. The number of nitrogens with one attached hydrogen (secondary N) is 1. The minimum absolute atomic E-state index is 0.161. The second kappa shape index (κ2) is 7.65. The molecule has 8 heteroatoms. The van der Waals surface area contributed by atoms with Crippen molar-refractivity contribution in [2.75, 3.05) is 19.8 Å². The molecule has 1 aliphatic rings. The van der Waals surface area contributed by atoms with Crippen LogP contribution in [0.3, 0.4) is 0 Å². The van der Waals surface area contributed by atoms with Gasteiger partial charge < -0.3 is 14.7 Å². The highest BCUT2D eigenvalue weighted by atomic mass is 16.5. The first kappa shape index (κ1) is 17.3. The van der Waals surface area contributed by atoms with Crippen molar-refractivity contribution in [1.82, 2.24) is 25.5 Å². The van der Waals surface area contributed by atoms with E-state index in [-0.39, 0.29) is 18.6 Å². The van der Waals surface area contributed by atoms with Gasteiger partial charge in [-0.15, -0.1) is 10.2 Å². The molecule has 0 radical (unpaired) electrons. The molecule has 0 spiro atoms. The van der Waals surface area contributed by atoms with Crippen molar-refractivity contribution in [2.24, 2.45) is 0 Å². The van der Waals surface area contributed by atoms with Gasteiger partial charge in [-0.2, -0.15) is 5.21 Å². The molecule has 2 heterocycles. The van der Waals surface area contributed by atoms with Gasteiger partial charge in [0, 0.05) is 12.1 Å². The Kier molecular flexibility index (Phi) is 4.91. The van der Waals surface area contributed by atoms with Gasteiger partial charge in [0.05, 0.1) is 24.8 Å². The normalized spacial score (nSPS) is 19.8. The van der Waals surface area contributed by atoms with Crippen LogP contribution in [0.15, 0.2) is 54.6 Å². The number of hydrogen-bond donors (Lipinski definition) is 2. The molecule has 2 atom stereocenters. The van der Waals surface area contributed by atoms with E-state index in [9.17, 15) is 9.90 Å². The largest absolute Gasteiger partial charge is 0.394 e. The van der Waals surface area contributed by atoms with Crippen LogP contribution in [-0.2, 0) is 4.74 Å². The van der Waals surface area contributed by atoms with Crippen molar-refractivity contribution >= 4 is 5.91 Å². The van der Waals surface area contributed by atoms with Crippen LogP contribution < -0.4 is 0 Å². The molecule has 8 nitrogen and oxygen atoms in total. The number of aromatic nitrogens is 4. The number of hydrogen-bond acceptors (Lipinski definition) is 6. The van der Waals surface area contributed by atoms with E-state index >= 15 is 0 Å². The van der Waals surface area contributed by atoms with E-state index in [0.29, 0.717) is 30.1 Å². The first-order chi connectivity index (χ1) is 13.3. The summed E-state index contributed by atoms with van der Waals surface area (Å²) in [6, 6.07) is 16.4. The Hall–Kier alpha value is -3.10. The number of aromatic amines is 1. The fourth-order valence-electron chi connectivity index (χ4n) is 3.45. The number of aliphatic hydroxyl groups is 1. The van der Waals surface area contributed by atoms with Crippen molar-refractivity contribution in [1.29, 1.82) is 0 Å². The van der Waals surface area contributed by atoms with Crippen LogP contribution in [0.5, 0.6) is 0 Å². The molecule has 1 aromatic heterocycles. The second-order valence-corrected chi connectivity index (χ2v) is 6.23. The molecular formula is C19H19N5O3. The third-order valence-electron chi connectivity index (χ3n) is 4.68. The van der Waals surface area contributed by atoms with Gasteiger partial charge in [0.1, 0.15) is 6.10 Å². The minimum atomic E-state index is -0.484. The number of nitrogens with zero attached hydrogens (tertiary/aromatic N) is 4. The lowest BCUT2D eigenvalue weighted by Crippen LogP contribution is -2.49. The zero-order valence-corrected chi connectivity index (χ0v) is 14.5. The summed E-state index contributed by atoms with van der Waals surface area (Å²) in [5.41, 5.74) is 2.01. The maximum Gasteiger partial charge on any atom is 0.255 e. The maximum atomic E-state index is 13.5. The Morgan fingerprint density at radius 1 is 1.19 bits per heavy atom. The lowest BCUT2D eigenvalue weighted by molar-refractivity contribution is -0.0811. The summed E-state index contributed by atoms with van der Waals surface area (Å²) in [7, 11) is 0. The molecule has 1 fully saturated rings. The number of H-pyrrole nitrogens is 1. The Morgan fingerprint density at radius 2 is 1.96 bits per heavy atom. The molecule has 1 saturated heterocycles. The van der Waals surface area contributed by atoms with Crippen LogP contribution in [0.4, 0.5) is 0 Å². The van der Waals surface area contributed by atoms with Crippen LogP contribution in [-0.4, -0.2) is 62.4 Å². The third kappa shape index (κ3) is 3.32. The van der Waals surface area contributed by atoms with Crippen molar-refractivity contribution < 1.29 is 14.6 Å². The highest BCUT2D eigenvalue weighted by molar-refractivity contribution is 6.00. The molecule has 0 unspecified atom stereocenters. The standard InChI is InChI=1S/C19H19N5O3/c25-12-16-17(13-6-2-1-3-7-13)24(10-11-27-16)19(26)15-9-5-4-8-14(15)18-20-22-23-21-18/h1-9,16-17,25H,10-12H2,(H,20,21,22,23)/t16-,17-/m0/s1. The van der Waals surface area contributed by atoms with Gasteiger partial charge in [0.25, 0.3) is 5.91 Å². The number of carbonyl (C=O) groups is 1. The van der Waals surface area contributed by atoms with Gasteiger partial charge in [0.15, 0.2) is 0 Å². The Morgan fingerprint density at radius 3 is 2.70 bits per heavy atom. The fourth-order valence-corrected chi connectivity index (χ4v) is 3.45. The SMILES string of the molecule is O=C(c1ccccc1-c1nn[nH]n1)N1CCO[C@@H](CO)[C@@H]1c1ccccc1. The second-order valence-electron chi connectivity index (χ2n) is 6.23. The molecule has 0 aliphatic carbocycles. The van der Waals surface area contributed by atoms with E-state index in [0.717, 1.165) is 5.56 Å². The average molecular weight is 365 g/mol. The highest BCUT2D eigenvalue weighted by Crippen LogP contribution is 2.32. The van der Waals surface area contributed by atoms with Crippen LogP contribution in [0.25, 0.3) is 11.4 Å². The molecular weight excluding hydrogens is 346 g/mol. The zero-order chi connectivity index (χ0) is 18.6. The highest BCUT2D eigenvalue weighted by Gasteiger charge is 2.37. The average Bonchev–Trinajstić information content (AvgIpc) is 3.28. The molecule has 0 bridgehead atoms. The van der Waals surface area contributed by atoms with Crippen molar-refractivity contribution in [3.63, 3.8) is 0 Å². The van der Waals surface area contributed by atoms with Gasteiger partial charge in [-0.25, -0.2) is 0 Å². The summed E-state index contributed by atoms with van der Waals surface area (Å²) in [5.74, 6) is 0.202. The summed E-state index contributed by atoms with van der Waals surface area (Å²) in [6.07, 6.45) is -0.484. The first-order valence-electron chi connectivity index (χ1n) is 8.71. The smallest absolute Gasteiger partial charge is 0.255 e. The fraction of sp³-hybridized carbons (Fsp3) is 0.263. The van der Waals surface area contributed by atoms with E-state index in [2.05, 4.69) is 20.6 Å². The molecule has 0 saturated carbocycles. The maximum absolute atomic E-state index is 13.5. The van der Waals surface area contributed by atoms with E-state index in [1.807, 2.05) is 36.4 Å². The van der Waals surface area contributed by atoms with E-state index < -0.39 is 6.10 Å². The van der Waals surface area contributed by atoms with Crippen molar-refractivity contribution in [3.8, 4) is 11.4 Å². The monoisotopic (exact) mass is 365 g/mol. The van der Waals surface area contributed by atoms with Gasteiger partial charge in [0.2, 0.25) is 5.82 Å². The molecule has 2 N–H and O–H groups in total. The molecule has 138 valence electrons. The lowest BCUT2D eigenvalue weighted by atomic mass is 9.96. The third-order valence-corrected chi connectivity index (χ3v) is 4.68. The number of amides is 1. The minimum Gasteiger partial charge on any atom is -0.394 e. The van der Waals surface area contributed by atoms with Crippen LogP contribution >= 0.6 is 0 Å². The van der Waals surface area contributed by atoms with Crippen LogP contribution in [0, 0.1) is 0 Å². The summed E-state index contributed by atoms with van der Waals surface area (Å²) in [6.45, 7) is 0.621. The molecule has 4 rings (SSSR count). The molecule has 2 aromatic carbocycles. The van der Waals surface area contributed by atoms with Crippen molar-refractivity contribution in [3.05, 3.63) is 65.7 Å². The summed E-state index contributed by atoms with van der Waals surface area (Å²) >= 11 is 0. The first-order valence-corrected chi connectivity index (χ1v) is 8.71. The lowest BCUT2D eigenvalue weighted by Gasteiger charge is -2.41. The number of ether oxygens (including phenoxy) is 1. The quantitative estimate of drug-likeness (QED) is 0.725. The van der Waals surface area contributed by atoms with Gasteiger partial charge >= 0.3 is 0 Å². The van der Waals surface area contributed by atoms with Gasteiger partial charge in [-0.1, -0.05) is 48.5 Å². The van der Waals surface area contributed by atoms with E-state index in [4.69, 9.17) is 4.74 Å². The van der Waals surface area contributed by atoms with Crippen molar-refractivity contribution in [2.45, 2.75) is 12.1 Å². The predicted octanol–water partition coefficient (Wildman–Crippen LogP) is 1.44. The van der Waals surface area contributed by atoms with E-state index in [1.165, 1.54) is 0 Å². The predicted molar refractivity (Wildman–Crippen MR) is 96.7 cm³/mol. The van der Waals surface area contributed by atoms with Gasteiger partial charge in [-0.05, 0) is 16.8 Å². The Bertz CT molecular complexity index is 901. The molecule has 1 aliphatic heterocycles. The Labute approximate surface area is 155 Å². The summed E-state index contributed by atoms with van der Waals surface area (Å²) in [4.78, 5) is 15.2. The van der Waals surface area contributed by atoms with E-state index in [1.54, 1.807) is 23.1 Å². The van der Waals surface area contributed by atoms with Crippen LogP contribution in [0.2, 0.25) is 0 Å². The topological polar surface area (TPSA) is 104 Å². The number of aliphatic hydroxyl groups excluding tert-OH is 1. The Balaban J connectivity index is 1.74. The number of carbonyl (C=O) groups excluding carboxylic acids is 1. The molecule has 1 amide bonds. The van der Waals surface area contributed by atoms with Crippen LogP contribution in [0.1, 0.15) is 22.0 Å². The molecule has 3 aromatic rings. The van der Waals surface area contributed by atoms with Gasteiger partial charge in [-0.3, -0.25) is 4.79 Å². The summed E-state index contributed by atoms with van der Waals surface area (Å²) < 4.78 is 5.73. The number of morpholine rings is 1. The summed E-state index contributed by atoms with van der Waals surface area (Å²) in [5, 5.41) is 23.8. The number of tetrazole rings is 1.